The number of methoxy groups -OCH3 is 1. The van der Waals surface area contributed by atoms with Gasteiger partial charge in [-0.05, 0) is 11.8 Å². The van der Waals surface area contributed by atoms with Crippen LogP contribution in [-0.2, 0) is 7.05 Å². The van der Waals surface area contributed by atoms with Gasteiger partial charge < -0.3 is 10.5 Å². The van der Waals surface area contributed by atoms with Crippen molar-refractivity contribution in [3.05, 3.63) is 11.9 Å². The fourth-order valence-corrected chi connectivity index (χ4v) is 1.76. The molecular weight excluding hydrogens is 190 g/mol. The lowest BCUT2D eigenvalue weighted by molar-refractivity contribution is 0.327. The molecule has 1 aromatic rings. The first kappa shape index (κ1) is 12.0. The summed E-state index contributed by atoms with van der Waals surface area (Å²) in [6.45, 7) is 6.53. The van der Waals surface area contributed by atoms with Crippen molar-refractivity contribution in [2.24, 2.45) is 18.2 Å². The molecule has 2 N–H and O–H groups in total. The summed E-state index contributed by atoms with van der Waals surface area (Å²) in [4.78, 5) is 0. The third-order valence-electron chi connectivity index (χ3n) is 2.35. The van der Waals surface area contributed by atoms with Crippen LogP contribution < -0.4 is 10.5 Å². The van der Waals surface area contributed by atoms with Gasteiger partial charge in [0.1, 0.15) is 0 Å². The second-order valence-corrected chi connectivity index (χ2v) is 5.09. The number of nitrogens with two attached hydrogens (primary N) is 1. The summed E-state index contributed by atoms with van der Waals surface area (Å²) in [6, 6.07) is -0.0348. The summed E-state index contributed by atoms with van der Waals surface area (Å²) in [5, 5.41) is 4.15. The highest BCUT2D eigenvalue weighted by Gasteiger charge is 2.22. The van der Waals surface area contributed by atoms with E-state index in [-0.39, 0.29) is 11.5 Å². The summed E-state index contributed by atoms with van der Waals surface area (Å²) in [5.74, 6) is 0.772. The van der Waals surface area contributed by atoms with E-state index < -0.39 is 0 Å². The summed E-state index contributed by atoms with van der Waals surface area (Å²) in [6.07, 6.45) is 2.61. The van der Waals surface area contributed by atoms with Gasteiger partial charge in [0, 0.05) is 7.05 Å². The smallest absolute Gasteiger partial charge is 0.161 e. The van der Waals surface area contributed by atoms with Crippen LogP contribution in [0.4, 0.5) is 0 Å². The Labute approximate surface area is 91.4 Å². The Balaban J connectivity index is 2.90. The molecule has 0 spiro atoms. The molecule has 1 unspecified atom stereocenters. The van der Waals surface area contributed by atoms with Crippen LogP contribution in [0, 0.1) is 5.41 Å². The number of ether oxygens (including phenoxy) is 1. The maximum Gasteiger partial charge on any atom is 0.161 e. The van der Waals surface area contributed by atoms with Gasteiger partial charge in [0.2, 0.25) is 0 Å². The van der Waals surface area contributed by atoms with Crippen LogP contribution in [0.25, 0.3) is 0 Å². The summed E-state index contributed by atoms with van der Waals surface area (Å²) < 4.78 is 7.03. The van der Waals surface area contributed by atoms with Crippen LogP contribution in [0.3, 0.4) is 0 Å². The molecule has 86 valence electrons. The standard InChI is InChI=1S/C11H21N3O/c1-11(2,3)6-8(12)10-9(15-5)7-13-14(10)4/h7-8H,6,12H2,1-5H3. The Morgan fingerprint density at radius 1 is 1.53 bits per heavy atom. The van der Waals surface area contributed by atoms with Crippen molar-refractivity contribution >= 4 is 0 Å². The van der Waals surface area contributed by atoms with Gasteiger partial charge in [0.05, 0.1) is 25.0 Å². The number of aromatic nitrogens is 2. The van der Waals surface area contributed by atoms with Crippen molar-refractivity contribution < 1.29 is 4.74 Å². The summed E-state index contributed by atoms with van der Waals surface area (Å²) in [5.41, 5.74) is 7.33. The molecule has 0 fully saturated rings. The lowest BCUT2D eigenvalue weighted by Gasteiger charge is -2.23. The van der Waals surface area contributed by atoms with E-state index in [1.165, 1.54) is 0 Å². The van der Waals surface area contributed by atoms with Crippen LogP contribution in [0.2, 0.25) is 0 Å². The predicted molar refractivity (Wildman–Crippen MR) is 60.8 cm³/mol. The molecule has 0 aromatic carbocycles. The van der Waals surface area contributed by atoms with E-state index in [4.69, 9.17) is 10.5 Å². The number of nitrogens with zero attached hydrogens (tertiary/aromatic N) is 2. The predicted octanol–water partition coefficient (Wildman–Crippen LogP) is 1.86. The molecule has 0 radical (unpaired) electrons. The zero-order chi connectivity index (χ0) is 11.6. The van der Waals surface area contributed by atoms with Crippen LogP contribution in [0.5, 0.6) is 5.75 Å². The van der Waals surface area contributed by atoms with Gasteiger partial charge in [0.25, 0.3) is 0 Å². The van der Waals surface area contributed by atoms with Gasteiger partial charge in [-0.2, -0.15) is 5.10 Å². The molecular formula is C11H21N3O. The quantitative estimate of drug-likeness (QED) is 0.830. The first-order chi connectivity index (χ1) is 6.85. The van der Waals surface area contributed by atoms with E-state index in [2.05, 4.69) is 25.9 Å². The number of rotatable bonds is 3. The summed E-state index contributed by atoms with van der Waals surface area (Å²) >= 11 is 0. The first-order valence-corrected chi connectivity index (χ1v) is 5.16. The second kappa shape index (κ2) is 4.23. The highest BCUT2D eigenvalue weighted by atomic mass is 16.5. The highest BCUT2D eigenvalue weighted by molar-refractivity contribution is 5.27. The third-order valence-corrected chi connectivity index (χ3v) is 2.35. The van der Waals surface area contributed by atoms with Gasteiger partial charge in [-0.15, -0.1) is 0 Å². The van der Waals surface area contributed by atoms with E-state index >= 15 is 0 Å². The average Bonchev–Trinajstić information content (AvgIpc) is 2.43. The third kappa shape index (κ3) is 2.96. The molecule has 0 saturated heterocycles. The molecule has 1 rings (SSSR count). The molecule has 1 heterocycles. The number of hydrogen-bond donors (Lipinski definition) is 1. The largest absolute Gasteiger partial charge is 0.493 e. The van der Waals surface area contributed by atoms with Crippen molar-refractivity contribution in [1.82, 2.24) is 9.78 Å². The molecule has 4 nitrogen and oxygen atoms in total. The molecule has 0 aliphatic carbocycles. The Morgan fingerprint density at radius 3 is 2.60 bits per heavy atom. The van der Waals surface area contributed by atoms with Gasteiger partial charge in [0.15, 0.2) is 5.75 Å². The summed E-state index contributed by atoms with van der Waals surface area (Å²) in [7, 11) is 3.53. The van der Waals surface area contributed by atoms with E-state index in [0.717, 1.165) is 17.9 Å². The van der Waals surface area contributed by atoms with Crippen molar-refractivity contribution in [3.8, 4) is 5.75 Å². The van der Waals surface area contributed by atoms with E-state index in [1.54, 1.807) is 18.0 Å². The number of hydrogen-bond acceptors (Lipinski definition) is 3. The van der Waals surface area contributed by atoms with Gasteiger partial charge >= 0.3 is 0 Å². The molecule has 15 heavy (non-hydrogen) atoms. The minimum Gasteiger partial charge on any atom is -0.493 e. The van der Waals surface area contributed by atoms with Crippen molar-refractivity contribution in [2.75, 3.05) is 7.11 Å². The zero-order valence-electron chi connectivity index (χ0n) is 10.2. The van der Waals surface area contributed by atoms with Gasteiger partial charge in [-0.1, -0.05) is 20.8 Å². The van der Waals surface area contributed by atoms with Crippen LogP contribution in [0.15, 0.2) is 6.20 Å². The molecule has 0 amide bonds. The van der Waals surface area contributed by atoms with E-state index in [9.17, 15) is 0 Å². The van der Waals surface area contributed by atoms with Crippen molar-refractivity contribution in [3.63, 3.8) is 0 Å². The SMILES string of the molecule is COc1cnn(C)c1C(N)CC(C)(C)C. The monoisotopic (exact) mass is 211 g/mol. The molecule has 0 aliphatic heterocycles. The minimum absolute atomic E-state index is 0.0348. The molecule has 1 atom stereocenters. The Hall–Kier alpha value is -1.03. The molecule has 0 saturated carbocycles. The van der Waals surface area contributed by atoms with Crippen molar-refractivity contribution in [1.29, 1.82) is 0 Å². The highest BCUT2D eigenvalue weighted by Crippen LogP contribution is 2.31. The molecule has 4 heteroatoms. The van der Waals surface area contributed by atoms with E-state index in [1.807, 2.05) is 7.05 Å². The first-order valence-electron chi connectivity index (χ1n) is 5.16. The maximum absolute atomic E-state index is 6.16. The normalized spacial score (nSPS) is 14.0. The lowest BCUT2D eigenvalue weighted by Crippen LogP contribution is -2.21. The minimum atomic E-state index is -0.0348. The lowest BCUT2D eigenvalue weighted by atomic mass is 9.87. The molecule has 0 bridgehead atoms. The second-order valence-electron chi connectivity index (χ2n) is 5.09. The topological polar surface area (TPSA) is 53.1 Å². The Morgan fingerprint density at radius 2 is 2.13 bits per heavy atom. The Kier molecular flexibility index (Phi) is 3.39. The maximum atomic E-state index is 6.16. The van der Waals surface area contributed by atoms with Crippen LogP contribution >= 0.6 is 0 Å². The fraction of sp³-hybridized carbons (Fsp3) is 0.727. The van der Waals surface area contributed by atoms with Gasteiger partial charge in [-0.3, -0.25) is 4.68 Å². The molecule has 0 aliphatic rings. The van der Waals surface area contributed by atoms with Crippen LogP contribution in [0.1, 0.15) is 38.9 Å². The zero-order valence-corrected chi connectivity index (χ0v) is 10.2. The van der Waals surface area contributed by atoms with Crippen molar-refractivity contribution in [2.45, 2.75) is 33.2 Å². The van der Waals surface area contributed by atoms with Gasteiger partial charge in [-0.25, -0.2) is 0 Å². The fourth-order valence-electron chi connectivity index (χ4n) is 1.76. The van der Waals surface area contributed by atoms with Crippen LogP contribution in [-0.4, -0.2) is 16.9 Å². The number of aryl methyl sites for hydroxylation is 1. The average molecular weight is 211 g/mol. The molecule has 1 aromatic heterocycles. The Bertz CT molecular complexity index is 325. The van der Waals surface area contributed by atoms with E-state index in [0.29, 0.717) is 0 Å².